The molecule has 3 rings (SSSR count). The van der Waals surface area contributed by atoms with Gasteiger partial charge in [-0.15, -0.1) is 35.3 Å². The molecule has 0 radical (unpaired) electrons. The lowest BCUT2D eigenvalue weighted by atomic mass is 10.1. The highest BCUT2D eigenvalue weighted by Crippen LogP contribution is 2.27. The van der Waals surface area contributed by atoms with Crippen LogP contribution in [-0.4, -0.2) is 66.7 Å². The number of rotatable bonds is 6. The van der Waals surface area contributed by atoms with Gasteiger partial charge in [-0.25, -0.2) is 0 Å². The van der Waals surface area contributed by atoms with E-state index < -0.39 is 6.10 Å². The summed E-state index contributed by atoms with van der Waals surface area (Å²) >= 11 is 7.37. The first kappa shape index (κ1) is 22.2. The summed E-state index contributed by atoms with van der Waals surface area (Å²) in [5.41, 5.74) is 0. The molecule has 2 fully saturated rings. The number of aliphatic imine (C=N–C) groups is 1. The van der Waals surface area contributed by atoms with Gasteiger partial charge in [0.1, 0.15) is 6.10 Å². The van der Waals surface area contributed by atoms with Gasteiger partial charge < -0.3 is 20.2 Å². The number of thiophene rings is 1. The lowest BCUT2D eigenvalue weighted by Gasteiger charge is -2.23. The van der Waals surface area contributed by atoms with Crippen molar-refractivity contribution in [3.63, 3.8) is 0 Å². The summed E-state index contributed by atoms with van der Waals surface area (Å²) in [5.74, 6) is 1.65. The minimum atomic E-state index is -0.589. The fourth-order valence-electron chi connectivity index (χ4n) is 3.70. The van der Waals surface area contributed by atoms with E-state index in [-0.39, 0.29) is 24.0 Å². The smallest absolute Gasteiger partial charge is 0.194 e. The van der Waals surface area contributed by atoms with Crippen molar-refractivity contribution in [2.45, 2.75) is 32.3 Å². The third kappa shape index (κ3) is 6.22. The lowest BCUT2D eigenvalue weighted by molar-refractivity contribution is 0.190. The summed E-state index contributed by atoms with van der Waals surface area (Å²) in [6, 6.07) is 3.70. The van der Waals surface area contributed by atoms with E-state index in [1.807, 2.05) is 12.1 Å². The van der Waals surface area contributed by atoms with Gasteiger partial charge in [-0.05, 0) is 57.3 Å². The minimum absolute atomic E-state index is 0. The lowest BCUT2D eigenvalue weighted by Crippen LogP contribution is -2.41. The molecular formula is C18H30ClIN4OS. The molecule has 0 aliphatic carbocycles. The van der Waals surface area contributed by atoms with E-state index in [0.29, 0.717) is 10.9 Å². The molecule has 2 unspecified atom stereocenters. The molecule has 148 valence electrons. The average molecular weight is 513 g/mol. The van der Waals surface area contributed by atoms with Gasteiger partial charge in [0, 0.05) is 31.1 Å². The van der Waals surface area contributed by atoms with Gasteiger partial charge in [-0.2, -0.15) is 0 Å². The number of likely N-dealkylation sites (tertiary alicyclic amines) is 2. The van der Waals surface area contributed by atoms with Gasteiger partial charge in [-0.3, -0.25) is 4.99 Å². The monoisotopic (exact) mass is 512 g/mol. The van der Waals surface area contributed by atoms with Crippen molar-refractivity contribution in [2.75, 3.05) is 45.8 Å². The first-order valence-electron chi connectivity index (χ1n) is 9.34. The van der Waals surface area contributed by atoms with Crippen molar-refractivity contribution >= 4 is 52.9 Å². The van der Waals surface area contributed by atoms with Crippen molar-refractivity contribution in [2.24, 2.45) is 10.9 Å². The van der Waals surface area contributed by atoms with Crippen LogP contribution in [0.1, 0.15) is 37.2 Å². The molecular weight excluding hydrogens is 483 g/mol. The quantitative estimate of drug-likeness (QED) is 0.348. The fraction of sp³-hybridized carbons (Fsp3) is 0.722. The van der Waals surface area contributed by atoms with E-state index in [1.165, 1.54) is 50.2 Å². The van der Waals surface area contributed by atoms with Crippen LogP contribution >= 0.6 is 46.9 Å². The van der Waals surface area contributed by atoms with Crippen LogP contribution in [-0.2, 0) is 0 Å². The maximum atomic E-state index is 10.3. The molecule has 2 saturated heterocycles. The topological polar surface area (TPSA) is 51.1 Å². The third-order valence-electron chi connectivity index (χ3n) is 4.97. The Hall–Kier alpha value is -0.0900. The maximum absolute atomic E-state index is 10.3. The van der Waals surface area contributed by atoms with Crippen molar-refractivity contribution in [3.05, 3.63) is 21.3 Å². The number of aliphatic hydroxyl groups is 1. The molecule has 8 heteroatoms. The van der Waals surface area contributed by atoms with E-state index in [9.17, 15) is 5.11 Å². The molecule has 26 heavy (non-hydrogen) atoms. The zero-order valence-electron chi connectivity index (χ0n) is 15.4. The van der Waals surface area contributed by atoms with Crippen LogP contribution in [0.4, 0.5) is 0 Å². The third-order valence-corrected chi connectivity index (χ3v) is 6.30. The van der Waals surface area contributed by atoms with Crippen LogP contribution in [0.3, 0.4) is 0 Å². The SMILES string of the molecule is CCNC(=NCC(O)c1ccc(Cl)s1)N1CCC(CN2CCCC2)C1.I. The van der Waals surface area contributed by atoms with Crippen LogP contribution in [0.5, 0.6) is 0 Å². The van der Waals surface area contributed by atoms with Gasteiger partial charge >= 0.3 is 0 Å². The molecule has 0 spiro atoms. The van der Waals surface area contributed by atoms with Gasteiger partial charge in [0.15, 0.2) is 5.96 Å². The van der Waals surface area contributed by atoms with Crippen molar-refractivity contribution < 1.29 is 5.11 Å². The molecule has 0 amide bonds. The molecule has 0 aromatic carbocycles. The summed E-state index contributed by atoms with van der Waals surface area (Å²) in [7, 11) is 0. The van der Waals surface area contributed by atoms with Gasteiger partial charge in [-0.1, -0.05) is 11.6 Å². The first-order chi connectivity index (χ1) is 12.2. The number of nitrogens with one attached hydrogen (secondary N) is 1. The molecule has 3 heterocycles. The van der Waals surface area contributed by atoms with E-state index in [2.05, 4.69) is 27.0 Å². The standard InChI is InChI=1S/C18H29ClN4OS.HI/c1-2-20-18(21-11-15(24)16-5-6-17(19)25-16)23-10-7-14(13-23)12-22-8-3-4-9-22;/h5-6,14-15,24H,2-4,7-13H2,1H3,(H,20,21);1H. The normalized spacial score (nSPS) is 22.5. The molecule has 0 saturated carbocycles. The summed E-state index contributed by atoms with van der Waals surface area (Å²) in [6.45, 7) is 9.14. The second kappa shape index (κ2) is 11.0. The Balaban J connectivity index is 0.00000243. The minimum Gasteiger partial charge on any atom is -0.386 e. The molecule has 2 N–H and O–H groups in total. The Morgan fingerprint density at radius 1 is 1.38 bits per heavy atom. The average Bonchev–Trinajstić information content (AvgIpc) is 3.34. The Morgan fingerprint density at radius 2 is 2.15 bits per heavy atom. The Labute approximate surface area is 182 Å². The molecule has 1 aromatic heterocycles. The second-order valence-electron chi connectivity index (χ2n) is 6.96. The predicted octanol–water partition coefficient (Wildman–Crippen LogP) is 3.44. The summed E-state index contributed by atoms with van der Waals surface area (Å²) < 4.78 is 0.703. The summed E-state index contributed by atoms with van der Waals surface area (Å²) in [5, 5.41) is 13.7. The highest BCUT2D eigenvalue weighted by molar-refractivity contribution is 14.0. The number of nitrogens with zero attached hydrogens (tertiary/aromatic N) is 3. The number of hydrogen-bond donors (Lipinski definition) is 2. The maximum Gasteiger partial charge on any atom is 0.194 e. The Kier molecular flexibility index (Phi) is 9.43. The van der Waals surface area contributed by atoms with E-state index in [1.54, 1.807) is 0 Å². The van der Waals surface area contributed by atoms with E-state index in [0.717, 1.165) is 36.4 Å². The molecule has 5 nitrogen and oxygen atoms in total. The van der Waals surface area contributed by atoms with Crippen LogP contribution in [0.15, 0.2) is 17.1 Å². The van der Waals surface area contributed by atoms with Crippen LogP contribution in [0.2, 0.25) is 4.34 Å². The van der Waals surface area contributed by atoms with Gasteiger partial charge in [0.25, 0.3) is 0 Å². The molecule has 2 aliphatic heterocycles. The second-order valence-corrected chi connectivity index (χ2v) is 8.71. The molecule has 0 bridgehead atoms. The highest BCUT2D eigenvalue weighted by Gasteiger charge is 2.27. The van der Waals surface area contributed by atoms with Crippen molar-refractivity contribution in [1.82, 2.24) is 15.1 Å². The first-order valence-corrected chi connectivity index (χ1v) is 10.5. The van der Waals surface area contributed by atoms with E-state index in [4.69, 9.17) is 11.6 Å². The number of aliphatic hydroxyl groups excluding tert-OH is 1. The van der Waals surface area contributed by atoms with Crippen LogP contribution in [0, 0.1) is 5.92 Å². The fourth-order valence-corrected chi connectivity index (χ4v) is 4.74. The Bertz CT molecular complexity index is 579. The number of guanidine groups is 1. The summed E-state index contributed by atoms with van der Waals surface area (Å²) in [6.07, 6.45) is 3.34. The molecule has 2 aliphatic rings. The van der Waals surface area contributed by atoms with E-state index >= 15 is 0 Å². The van der Waals surface area contributed by atoms with Gasteiger partial charge in [0.05, 0.1) is 10.9 Å². The highest BCUT2D eigenvalue weighted by atomic mass is 127. The van der Waals surface area contributed by atoms with Crippen LogP contribution in [0.25, 0.3) is 0 Å². The van der Waals surface area contributed by atoms with Crippen LogP contribution < -0.4 is 5.32 Å². The largest absolute Gasteiger partial charge is 0.386 e. The number of hydrogen-bond acceptors (Lipinski definition) is 4. The predicted molar refractivity (Wildman–Crippen MR) is 121 cm³/mol. The zero-order valence-corrected chi connectivity index (χ0v) is 19.3. The molecule has 1 aromatic rings. The van der Waals surface area contributed by atoms with Gasteiger partial charge in [0.2, 0.25) is 0 Å². The number of halogens is 2. The van der Waals surface area contributed by atoms with Crippen molar-refractivity contribution in [3.8, 4) is 0 Å². The summed E-state index contributed by atoms with van der Waals surface area (Å²) in [4.78, 5) is 10.5. The van der Waals surface area contributed by atoms with Crippen molar-refractivity contribution in [1.29, 1.82) is 0 Å². The molecule has 2 atom stereocenters. The zero-order chi connectivity index (χ0) is 17.6. The Morgan fingerprint density at radius 3 is 2.81 bits per heavy atom.